The zero-order valence-corrected chi connectivity index (χ0v) is 37.3. The van der Waals surface area contributed by atoms with Crippen molar-refractivity contribution in [1.29, 1.82) is 0 Å². The van der Waals surface area contributed by atoms with Crippen LogP contribution in [0.25, 0.3) is 0 Å². The number of hydrogen-bond donors (Lipinski definition) is 6. The molecule has 0 aliphatic heterocycles. The molecule has 1 rings (SSSR count). The van der Waals surface area contributed by atoms with E-state index >= 15 is 0 Å². The van der Waals surface area contributed by atoms with Crippen LogP contribution < -0.4 is 0 Å². The fraction of sp³-hybridized carbons (Fsp3) is 0.617. The van der Waals surface area contributed by atoms with E-state index in [1.54, 1.807) is 0 Å². The van der Waals surface area contributed by atoms with Crippen LogP contribution in [0.3, 0.4) is 0 Å². The number of hydrogen-bond acceptors (Lipinski definition) is 12. The smallest absolute Gasteiger partial charge is 0.462 e. The molecule has 0 saturated heterocycles. The highest BCUT2D eigenvalue weighted by atomic mass is 31.2. The maximum Gasteiger partial charge on any atom is 0.472 e. The average molecular weight is 879 g/mol. The van der Waals surface area contributed by atoms with Crippen molar-refractivity contribution in [2.75, 3.05) is 13.2 Å². The highest BCUT2D eigenvalue weighted by molar-refractivity contribution is 7.47. The fourth-order valence-electron chi connectivity index (χ4n) is 5.86. The van der Waals surface area contributed by atoms with Crippen molar-refractivity contribution in [3.63, 3.8) is 0 Å². The van der Waals surface area contributed by atoms with E-state index in [0.717, 1.165) is 57.8 Å². The van der Waals surface area contributed by atoms with Crippen molar-refractivity contribution in [2.24, 2.45) is 0 Å². The number of allylic oxidation sites excluding steroid dienone is 16. The van der Waals surface area contributed by atoms with Gasteiger partial charge in [-0.15, -0.1) is 0 Å². The van der Waals surface area contributed by atoms with E-state index in [4.69, 9.17) is 18.5 Å². The minimum Gasteiger partial charge on any atom is -0.462 e. The van der Waals surface area contributed by atoms with Crippen LogP contribution >= 0.6 is 7.82 Å². The van der Waals surface area contributed by atoms with Crippen LogP contribution in [0.2, 0.25) is 0 Å². The number of unbranched alkanes of at least 4 members (excludes halogenated alkanes) is 6. The predicted molar refractivity (Wildman–Crippen MR) is 239 cm³/mol. The fourth-order valence-corrected chi connectivity index (χ4v) is 6.83. The van der Waals surface area contributed by atoms with Gasteiger partial charge in [-0.1, -0.05) is 124 Å². The molecule has 0 radical (unpaired) electrons. The summed E-state index contributed by atoms with van der Waals surface area (Å²) in [5.41, 5.74) is 0. The third-order valence-electron chi connectivity index (χ3n) is 9.41. The molecule has 6 unspecified atom stereocenters. The number of carbonyl (C=O) groups is 2. The van der Waals surface area contributed by atoms with Gasteiger partial charge >= 0.3 is 19.8 Å². The van der Waals surface area contributed by atoms with Gasteiger partial charge in [0.15, 0.2) is 6.10 Å². The molecule has 346 valence electrons. The van der Waals surface area contributed by atoms with Gasteiger partial charge in [0.1, 0.15) is 43.2 Å². The van der Waals surface area contributed by atoms with Crippen LogP contribution in [0.4, 0.5) is 0 Å². The van der Waals surface area contributed by atoms with E-state index in [0.29, 0.717) is 25.7 Å². The van der Waals surface area contributed by atoms with Crippen LogP contribution in [0.15, 0.2) is 97.2 Å². The SMILES string of the molecule is CC/C=C/C/C=C/C/C=C/C/C=C/CCCCC(=O)O[C@@H](COC(=O)CCC/C=C/C/C=C/C/C=C/C/C=C/CCCCC)COP(=O)(O)OC1C(O)C(O)C(O)[C@H](O)C1O. The second-order valence-corrected chi connectivity index (χ2v) is 16.2. The first-order chi connectivity index (χ1) is 29.4. The standard InChI is InChI=1S/C47H75O13P/c1-3-5-7-9-11-13-15-17-19-20-22-23-25-27-29-31-33-35-40(48)57-37-39(38-58-61(55,56)60-47-45(53)43(51)42(50)44(52)46(47)54)59-41(49)36-34-32-30-28-26-24-21-18-16-14-12-10-8-6-4-2/h6,8,11-14,17-19,21-23,26-29,39,42-47,50-54H,3-5,7,9-10,15-16,20,24-25,30-38H2,1-2H3,(H,55,56)/b8-6+,13-11+,14-12+,19-17+,21-18+,23-22+,28-26+,29-27+/t39-,42?,43-,44?,45?,46?,47?/m0/s1. The molecule has 0 aromatic heterocycles. The van der Waals surface area contributed by atoms with Gasteiger partial charge in [0, 0.05) is 12.8 Å². The molecule has 6 N–H and O–H groups in total. The Labute approximate surface area is 364 Å². The van der Waals surface area contributed by atoms with Gasteiger partial charge in [0.05, 0.1) is 6.61 Å². The quantitative estimate of drug-likeness (QED) is 0.0156. The second-order valence-electron chi connectivity index (χ2n) is 14.8. The maximum absolute atomic E-state index is 12.8. The lowest BCUT2D eigenvalue weighted by molar-refractivity contribution is -0.220. The topological polar surface area (TPSA) is 210 Å². The van der Waals surface area contributed by atoms with E-state index in [2.05, 4.69) is 92.8 Å². The van der Waals surface area contributed by atoms with Gasteiger partial charge in [-0.25, -0.2) is 4.57 Å². The molecule has 0 spiro atoms. The number of ether oxygens (including phenoxy) is 2. The molecular formula is C47H75O13P. The maximum atomic E-state index is 12.8. The van der Waals surface area contributed by atoms with E-state index in [9.17, 15) is 44.6 Å². The summed E-state index contributed by atoms with van der Waals surface area (Å²) < 4.78 is 33.4. The Morgan fingerprint density at radius 1 is 0.525 bits per heavy atom. The van der Waals surface area contributed by atoms with Gasteiger partial charge < -0.3 is 39.9 Å². The van der Waals surface area contributed by atoms with E-state index < -0.39 is 75.7 Å². The molecule has 1 saturated carbocycles. The number of rotatable bonds is 34. The Bertz CT molecular complexity index is 1430. The van der Waals surface area contributed by atoms with E-state index in [-0.39, 0.29) is 12.8 Å². The lowest BCUT2D eigenvalue weighted by atomic mass is 9.85. The highest BCUT2D eigenvalue weighted by Gasteiger charge is 2.51. The Hall–Kier alpha value is -3.23. The van der Waals surface area contributed by atoms with Gasteiger partial charge in [-0.05, 0) is 89.9 Å². The molecule has 0 amide bonds. The van der Waals surface area contributed by atoms with Gasteiger partial charge in [0.2, 0.25) is 0 Å². The molecule has 13 nitrogen and oxygen atoms in total. The molecule has 0 bridgehead atoms. The zero-order chi connectivity index (χ0) is 45.0. The van der Waals surface area contributed by atoms with Crippen LogP contribution in [-0.2, 0) is 32.7 Å². The summed E-state index contributed by atoms with van der Waals surface area (Å²) in [5, 5.41) is 50.1. The summed E-state index contributed by atoms with van der Waals surface area (Å²) in [6, 6.07) is 0. The lowest BCUT2D eigenvalue weighted by Gasteiger charge is -2.41. The first kappa shape index (κ1) is 55.8. The molecular weight excluding hydrogens is 803 g/mol. The van der Waals surface area contributed by atoms with Crippen molar-refractivity contribution in [3.05, 3.63) is 97.2 Å². The molecule has 0 heterocycles. The third-order valence-corrected chi connectivity index (χ3v) is 10.4. The van der Waals surface area contributed by atoms with Crippen LogP contribution in [0.5, 0.6) is 0 Å². The van der Waals surface area contributed by atoms with Crippen LogP contribution in [-0.4, -0.2) is 98.3 Å². The zero-order valence-electron chi connectivity index (χ0n) is 36.4. The van der Waals surface area contributed by atoms with Crippen molar-refractivity contribution in [3.8, 4) is 0 Å². The molecule has 1 fully saturated rings. The van der Waals surface area contributed by atoms with Gasteiger partial charge in [0.25, 0.3) is 0 Å². The largest absolute Gasteiger partial charge is 0.472 e. The van der Waals surface area contributed by atoms with Crippen molar-refractivity contribution < 1.29 is 63.1 Å². The Morgan fingerprint density at radius 3 is 1.41 bits per heavy atom. The first-order valence-electron chi connectivity index (χ1n) is 22.0. The minimum absolute atomic E-state index is 0.0267. The van der Waals surface area contributed by atoms with Gasteiger partial charge in [-0.2, -0.15) is 0 Å². The summed E-state index contributed by atoms with van der Waals surface area (Å²) in [4.78, 5) is 35.6. The minimum atomic E-state index is -5.15. The highest BCUT2D eigenvalue weighted by Crippen LogP contribution is 2.47. The number of phosphoric acid groups is 1. The average Bonchev–Trinajstić information content (AvgIpc) is 3.24. The number of aliphatic hydroxyl groups excluding tert-OH is 5. The second kappa shape index (κ2) is 36.3. The van der Waals surface area contributed by atoms with Crippen LogP contribution in [0, 0.1) is 0 Å². The molecule has 1 aliphatic carbocycles. The van der Waals surface area contributed by atoms with E-state index in [1.807, 2.05) is 18.2 Å². The molecule has 8 atom stereocenters. The summed E-state index contributed by atoms with van der Waals surface area (Å²) in [7, 11) is -5.15. The number of aliphatic hydroxyl groups is 5. The number of carbonyl (C=O) groups excluding carboxylic acids is 2. The summed E-state index contributed by atoms with van der Waals surface area (Å²) in [6.45, 7) is 3.05. The molecule has 61 heavy (non-hydrogen) atoms. The third kappa shape index (κ3) is 28.9. The van der Waals surface area contributed by atoms with Crippen LogP contribution in [0.1, 0.15) is 129 Å². The van der Waals surface area contributed by atoms with Crippen molar-refractivity contribution >= 4 is 19.8 Å². The molecule has 0 aromatic carbocycles. The summed E-state index contributed by atoms with van der Waals surface area (Å²) in [5.74, 6) is -1.23. The first-order valence-corrected chi connectivity index (χ1v) is 23.5. The monoisotopic (exact) mass is 878 g/mol. The Kier molecular flexibility index (Phi) is 33.2. The lowest BCUT2D eigenvalue weighted by Crippen LogP contribution is -2.64. The van der Waals surface area contributed by atoms with E-state index in [1.165, 1.54) is 19.3 Å². The molecule has 1 aliphatic rings. The molecule has 0 aromatic rings. The summed E-state index contributed by atoms with van der Waals surface area (Å²) in [6.07, 6.45) is 34.7. The molecule has 14 heteroatoms. The predicted octanol–water partition coefficient (Wildman–Crippen LogP) is 8.27. The van der Waals surface area contributed by atoms with Gasteiger partial charge in [-0.3, -0.25) is 18.6 Å². The number of phosphoric ester groups is 1. The summed E-state index contributed by atoms with van der Waals surface area (Å²) >= 11 is 0. The van der Waals surface area contributed by atoms with Crippen molar-refractivity contribution in [2.45, 2.75) is 172 Å². The number of esters is 2. The Morgan fingerprint density at radius 2 is 0.934 bits per heavy atom. The van der Waals surface area contributed by atoms with Crippen molar-refractivity contribution in [1.82, 2.24) is 0 Å². The Balaban J connectivity index is 2.57. The normalized spacial score (nSPS) is 23.0.